The Kier molecular flexibility index (Phi) is 5.01. The predicted octanol–water partition coefficient (Wildman–Crippen LogP) is -0.0586. The first kappa shape index (κ1) is 18.4. The molecule has 4 atom stereocenters. The minimum Gasteiger partial charge on any atom is -0.504 e. The summed E-state index contributed by atoms with van der Waals surface area (Å²) < 4.78 is 10.5. The van der Waals surface area contributed by atoms with Crippen LogP contribution in [0.15, 0.2) is 33.5 Å². The van der Waals surface area contributed by atoms with Crippen LogP contribution in [0.25, 0.3) is 0 Å². The molecule has 2 aromatic rings. The molecule has 1 heterocycles. The van der Waals surface area contributed by atoms with Crippen LogP contribution in [0, 0.1) is 0 Å². The second-order valence-electron chi connectivity index (χ2n) is 6.23. The van der Waals surface area contributed by atoms with Gasteiger partial charge >= 0.3 is 0 Å². The number of aliphatic hydroxyl groups excluding tert-OH is 4. The molecule has 0 spiro atoms. The average Bonchev–Trinajstić information content (AvgIpc) is 2.62. The van der Waals surface area contributed by atoms with E-state index in [1.807, 2.05) is 0 Å². The summed E-state index contributed by atoms with van der Waals surface area (Å²) in [4.78, 5) is 12.3. The number of fused-ring (bicyclic) bond motifs is 1. The molecular formula is C18H20O8. The molecule has 0 fully saturated rings. The molecule has 8 nitrogen and oxygen atoms in total. The number of phenols is 1. The molecule has 0 amide bonds. The lowest BCUT2D eigenvalue weighted by Crippen LogP contribution is -2.44. The SMILES string of the molecule is COc1ccc(CCc2cc(=O)c3c(o2)C(O)C(O)C(O)C3O)cc1O. The fourth-order valence-electron chi connectivity index (χ4n) is 3.06. The molecule has 26 heavy (non-hydrogen) atoms. The van der Waals surface area contributed by atoms with E-state index in [4.69, 9.17) is 9.15 Å². The van der Waals surface area contributed by atoms with Crippen molar-refractivity contribution in [2.24, 2.45) is 0 Å². The van der Waals surface area contributed by atoms with Crippen molar-refractivity contribution in [3.05, 3.63) is 57.1 Å². The van der Waals surface area contributed by atoms with Gasteiger partial charge in [0.1, 0.15) is 35.9 Å². The van der Waals surface area contributed by atoms with E-state index in [-0.39, 0.29) is 29.3 Å². The minimum atomic E-state index is -1.67. The number of hydrogen-bond donors (Lipinski definition) is 5. The van der Waals surface area contributed by atoms with Gasteiger partial charge < -0.3 is 34.7 Å². The molecule has 0 saturated carbocycles. The summed E-state index contributed by atoms with van der Waals surface area (Å²) in [7, 11) is 1.45. The van der Waals surface area contributed by atoms with Crippen LogP contribution in [0.4, 0.5) is 0 Å². The minimum absolute atomic E-state index is 0.00690. The van der Waals surface area contributed by atoms with Crippen molar-refractivity contribution in [2.75, 3.05) is 7.11 Å². The molecule has 0 bridgehead atoms. The number of aryl methyl sites for hydroxylation is 2. The van der Waals surface area contributed by atoms with Crippen molar-refractivity contribution in [2.45, 2.75) is 37.3 Å². The van der Waals surface area contributed by atoms with Gasteiger partial charge in [0.15, 0.2) is 16.9 Å². The van der Waals surface area contributed by atoms with Crippen LogP contribution in [-0.2, 0) is 12.8 Å². The molecule has 1 aliphatic rings. The van der Waals surface area contributed by atoms with Gasteiger partial charge in [-0.2, -0.15) is 0 Å². The third-order valence-corrected chi connectivity index (χ3v) is 4.53. The van der Waals surface area contributed by atoms with Gasteiger partial charge in [0.25, 0.3) is 0 Å². The molecule has 1 aromatic heterocycles. The first-order valence-electron chi connectivity index (χ1n) is 8.08. The summed E-state index contributed by atoms with van der Waals surface area (Å²) in [6.07, 6.45) is -5.85. The van der Waals surface area contributed by atoms with Crippen molar-refractivity contribution >= 4 is 0 Å². The average molecular weight is 364 g/mol. The highest BCUT2D eigenvalue weighted by atomic mass is 16.5. The summed E-state index contributed by atoms with van der Waals surface area (Å²) in [5, 5.41) is 49.3. The lowest BCUT2D eigenvalue weighted by atomic mass is 9.87. The third kappa shape index (κ3) is 3.19. The number of ether oxygens (including phenoxy) is 1. The Morgan fingerprint density at radius 3 is 2.38 bits per heavy atom. The first-order valence-corrected chi connectivity index (χ1v) is 8.08. The Balaban J connectivity index is 1.86. The lowest BCUT2D eigenvalue weighted by Gasteiger charge is -2.32. The van der Waals surface area contributed by atoms with E-state index in [2.05, 4.69) is 0 Å². The topological polar surface area (TPSA) is 141 Å². The van der Waals surface area contributed by atoms with E-state index in [1.54, 1.807) is 12.1 Å². The van der Waals surface area contributed by atoms with E-state index in [0.717, 1.165) is 5.56 Å². The van der Waals surface area contributed by atoms with E-state index >= 15 is 0 Å². The Morgan fingerprint density at radius 2 is 1.73 bits per heavy atom. The zero-order chi connectivity index (χ0) is 19.0. The van der Waals surface area contributed by atoms with Crippen LogP contribution < -0.4 is 10.2 Å². The van der Waals surface area contributed by atoms with Crippen molar-refractivity contribution in [1.82, 2.24) is 0 Å². The quantitative estimate of drug-likeness (QED) is 0.508. The normalized spacial score (nSPS) is 25.0. The number of rotatable bonds is 4. The molecule has 4 unspecified atom stereocenters. The number of hydrogen-bond acceptors (Lipinski definition) is 8. The van der Waals surface area contributed by atoms with Crippen LogP contribution >= 0.6 is 0 Å². The molecule has 140 valence electrons. The van der Waals surface area contributed by atoms with Gasteiger partial charge in [0.05, 0.1) is 12.7 Å². The van der Waals surface area contributed by atoms with E-state index in [9.17, 15) is 30.3 Å². The summed E-state index contributed by atoms with van der Waals surface area (Å²) in [5.74, 6) is 0.348. The lowest BCUT2D eigenvalue weighted by molar-refractivity contribution is -0.128. The van der Waals surface area contributed by atoms with E-state index in [0.29, 0.717) is 12.2 Å². The summed E-state index contributed by atoms with van der Waals surface area (Å²) in [6, 6.07) is 6.09. The highest BCUT2D eigenvalue weighted by molar-refractivity contribution is 5.41. The van der Waals surface area contributed by atoms with Crippen LogP contribution in [0.5, 0.6) is 11.5 Å². The zero-order valence-corrected chi connectivity index (χ0v) is 14.0. The molecule has 0 saturated heterocycles. The number of benzene rings is 1. The van der Waals surface area contributed by atoms with Gasteiger partial charge in [-0.15, -0.1) is 0 Å². The molecule has 3 rings (SSSR count). The molecule has 0 radical (unpaired) electrons. The van der Waals surface area contributed by atoms with Gasteiger partial charge in [-0.1, -0.05) is 6.07 Å². The smallest absolute Gasteiger partial charge is 0.191 e. The Hall–Kier alpha value is -2.39. The first-order chi connectivity index (χ1) is 12.3. The van der Waals surface area contributed by atoms with Gasteiger partial charge in [0.2, 0.25) is 0 Å². The van der Waals surface area contributed by atoms with Crippen LogP contribution in [0.1, 0.15) is 34.9 Å². The largest absolute Gasteiger partial charge is 0.504 e. The molecule has 0 aliphatic heterocycles. The maximum absolute atomic E-state index is 12.3. The standard InChI is InChI=1S/C18H20O8/c1-25-12-5-3-8(6-10(12)19)2-4-9-7-11(20)13-14(21)15(22)16(23)17(24)18(13)26-9/h3,5-7,14-17,19,21-24H,2,4H2,1H3. The fraction of sp³-hybridized carbons (Fsp3) is 0.389. The second-order valence-corrected chi connectivity index (χ2v) is 6.23. The number of phenolic OH excluding ortho intramolecular Hbond substituents is 1. The number of aliphatic hydroxyl groups is 4. The molecule has 1 aromatic carbocycles. The predicted molar refractivity (Wildman–Crippen MR) is 89.0 cm³/mol. The van der Waals surface area contributed by atoms with Crippen molar-refractivity contribution in [1.29, 1.82) is 0 Å². The van der Waals surface area contributed by atoms with Crippen molar-refractivity contribution < 1.29 is 34.7 Å². The van der Waals surface area contributed by atoms with Gasteiger partial charge in [-0.25, -0.2) is 0 Å². The van der Waals surface area contributed by atoms with E-state index in [1.165, 1.54) is 19.2 Å². The maximum atomic E-state index is 12.3. The Morgan fingerprint density at radius 1 is 1.04 bits per heavy atom. The summed E-state index contributed by atoms with van der Waals surface area (Å²) in [6.45, 7) is 0. The van der Waals surface area contributed by atoms with Crippen LogP contribution in [0.3, 0.4) is 0 Å². The number of methoxy groups -OCH3 is 1. The van der Waals surface area contributed by atoms with Crippen LogP contribution in [-0.4, -0.2) is 44.9 Å². The molecule has 8 heteroatoms. The molecular weight excluding hydrogens is 344 g/mol. The Labute approximate surface area is 148 Å². The van der Waals surface area contributed by atoms with Crippen molar-refractivity contribution in [3.8, 4) is 11.5 Å². The second kappa shape index (κ2) is 7.08. The maximum Gasteiger partial charge on any atom is 0.191 e. The summed E-state index contributed by atoms with van der Waals surface area (Å²) >= 11 is 0. The molecule has 5 N–H and O–H groups in total. The fourth-order valence-corrected chi connectivity index (χ4v) is 3.06. The zero-order valence-electron chi connectivity index (χ0n) is 14.0. The Bertz CT molecular complexity index is 859. The molecule has 1 aliphatic carbocycles. The van der Waals surface area contributed by atoms with Crippen molar-refractivity contribution in [3.63, 3.8) is 0 Å². The highest BCUT2D eigenvalue weighted by Crippen LogP contribution is 2.35. The van der Waals surface area contributed by atoms with Gasteiger partial charge in [0, 0.05) is 12.5 Å². The number of aromatic hydroxyl groups is 1. The van der Waals surface area contributed by atoms with Gasteiger partial charge in [-0.3, -0.25) is 4.79 Å². The summed E-state index contributed by atoms with van der Waals surface area (Å²) in [5.41, 5.74) is -0.0582. The van der Waals surface area contributed by atoms with Crippen LogP contribution in [0.2, 0.25) is 0 Å². The third-order valence-electron chi connectivity index (χ3n) is 4.53. The monoisotopic (exact) mass is 364 g/mol. The highest BCUT2D eigenvalue weighted by Gasteiger charge is 2.43. The van der Waals surface area contributed by atoms with Gasteiger partial charge in [-0.05, 0) is 24.1 Å². The van der Waals surface area contributed by atoms with E-state index < -0.39 is 29.8 Å².